The van der Waals surface area contributed by atoms with Gasteiger partial charge in [0.05, 0.1) is 0 Å². The molecule has 0 aliphatic rings. The van der Waals surface area contributed by atoms with E-state index in [1.54, 1.807) is 18.0 Å². The highest BCUT2D eigenvalue weighted by molar-refractivity contribution is 7.98. The summed E-state index contributed by atoms with van der Waals surface area (Å²) in [5.74, 6) is 2.97. The number of anilines is 2. The van der Waals surface area contributed by atoms with Gasteiger partial charge in [0.2, 0.25) is 0 Å². The van der Waals surface area contributed by atoms with Gasteiger partial charge in [0.25, 0.3) is 0 Å². The summed E-state index contributed by atoms with van der Waals surface area (Å²) in [6, 6.07) is 9.33. The summed E-state index contributed by atoms with van der Waals surface area (Å²) in [6.45, 7) is 4.75. The Balaban J connectivity index is 1.50. The molecule has 2 aromatic heterocycles. The van der Waals surface area contributed by atoms with Crippen molar-refractivity contribution in [2.75, 3.05) is 30.0 Å². The molecule has 2 heterocycles. The van der Waals surface area contributed by atoms with E-state index in [1.165, 1.54) is 0 Å². The zero-order valence-corrected chi connectivity index (χ0v) is 16.9. The number of rotatable bonds is 7. The van der Waals surface area contributed by atoms with Gasteiger partial charge in [0.15, 0.2) is 0 Å². The van der Waals surface area contributed by atoms with Crippen LogP contribution in [0.2, 0.25) is 0 Å². The lowest BCUT2D eigenvalue weighted by Crippen LogP contribution is -2.32. The van der Waals surface area contributed by atoms with Gasteiger partial charge in [0, 0.05) is 42.1 Å². The third-order valence-corrected chi connectivity index (χ3v) is 4.67. The van der Waals surface area contributed by atoms with Gasteiger partial charge >= 0.3 is 6.03 Å². The fourth-order valence-corrected chi connectivity index (χ4v) is 3.09. The van der Waals surface area contributed by atoms with Gasteiger partial charge in [0.1, 0.15) is 23.3 Å². The van der Waals surface area contributed by atoms with Crippen LogP contribution in [0.5, 0.6) is 0 Å². The normalized spacial score (nSPS) is 10.5. The average Bonchev–Trinajstić information content (AvgIpc) is 3.11. The molecule has 2 amide bonds. The van der Waals surface area contributed by atoms with E-state index >= 15 is 0 Å². The molecule has 146 valence electrons. The summed E-state index contributed by atoms with van der Waals surface area (Å²) in [5, 5.41) is 8.87. The highest BCUT2D eigenvalue weighted by atomic mass is 32.2. The maximum Gasteiger partial charge on any atom is 0.319 e. The molecular formula is C19H23N7OS. The van der Waals surface area contributed by atoms with Crippen molar-refractivity contribution >= 4 is 29.3 Å². The molecule has 3 N–H and O–H groups in total. The Morgan fingerprint density at radius 3 is 2.79 bits per heavy atom. The predicted molar refractivity (Wildman–Crippen MR) is 112 cm³/mol. The minimum Gasteiger partial charge on any atom is -0.368 e. The Hall–Kier alpha value is -3.07. The lowest BCUT2D eigenvalue weighted by molar-refractivity contribution is 0.252. The van der Waals surface area contributed by atoms with Gasteiger partial charge in [-0.25, -0.2) is 19.7 Å². The summed E-state index contributed by atoms with van der Waals surface area (Å²) >= 11 is 1.63. The predicted octanol–water partition coefficient (Wildman–Crippen LogP) is 3.23. The van der Waals surface area contributed by atoms with Crippen LogP contribution in [0.25, 0.3) is 5.82 Å². The van der Waals surface area contributed by atoms with Crippen molar-refractivity contribution in [3.8, 4) is 5.82 Å². The molecule has 0 aliphatic carbocycles. The Labute approximate surface area is 168 Å². The quantitative estimate of drug-likeness (QED) is 0.418. The molecule has 3 aromatic rings. The Kier molecular flexibility index (Phi) is 6.49. The largest absolute Gasteiger partial charge is 0.368 e. The maximum atomic E-state index is 12.0. The molecular weight excluding hydrogens is 374 g/mol. The van der Waals surface area contributed by atoms with Crippen LogP contribution < -0.4 is 16.0 Å². The van der Waals surface area contributed by atoms with Gasteiger partial charge in [-0.2, -0.15) is 0 Å². The number of aromatic nitrogens is 4. The summed E-state index contributed by atoms with van der Waals surface area (Å²) in [4.78, 5) is 26.2. The highest BCUT2D eigenvalue weighted by Crippen LogP contribution is 2.18. The van der Waals surface area contributed by atoms with Crippen LogP contribution >= 0.6 is 11.8 Å². The minimum absolute atomic E-state index is 0.242. The monoisotopic (exact) mass is 397 g/mol. The number of thioether (sulfide) groups is 1. The lowest BCUT2D eigenvalue weighted by Gasteiger charge is -2.11. The Morgan fingerprint density at radius 1 is 1.18 bits per heavy atom. The van der Waals surface area contributed by atoms with Crippen molar-refractivity contribution < 1.29 is 4.79 Å². The molecule has 0 aliphatic heterocycles. The molecule has 8 nitrogen and oxygen atoms in total. The number of hydrogen-bond donors (Lipinski definition) is 3. The Morgan fingerprint density at radius 2 is 2.04 bits per heavy atom. The van der Waals surface area contributed by atoms with Gasteiger partial charge in [-0.05, 0) is 38.3 Å². The summed E-state index contributed by atoms with van der Waals surface area (Å²) in [7, 11) is 0. The lowest BCUT2D eigenvalue weighted by atomic mass is 10.3. The number of benzene rings is 1. The van der Waals surface area contributed by atoms with Crippen molar-refractivity contribution in [1.29, 1.82) is 0 Å². The van der Waals surface area contributed by atoms with Gasteiger partial charge < -0.3 is 16.0 Å². The average molecular weight is 398 g/mol. The van der Waals surface area contributed by atoms with Crippen molar-refractivity contribution in [2.24, 2.45) is 0 Å². The first-order chi connectivity index (χ1) is 13.5. The van der Waals surface area contributed by atoms with Gasteiger partial charge in [-0.15, -0.1) is 11.8 Å². The fraction of sp³-hybridized carbons (Fsp3) is 0.263. The number of urea groups is 1. The van der Waals surface area contributed by atoms with Crippen molar-refractivity contribution in [3.63, 3.8) is 0 Å². The standard InChI is InChI=1S/C19H23N7OS/c1-13-23-17(12-18(24-13)26-10-9-20-14(26)2)21-7-8-22-19(27)25-15-5-4-6-16(11-15)28-3/h4-6,9-12H,7-8H2,1-3H3,(H,21,23,24)(H2,22,25,27). The van der Waals surface area contributed by atoms with Gasteiger partial charge in [-0.1, -0.05) is 6.07 Å². The maximum absolute atomic E-state index is 12.0. The summed E-state index contributed by atoms with van der Waals surface area (Å²) < 4.78 is 1.90. The van der Waals surface area contributed by atoms with Crippen molar-refractivity contribution in [1.82, 2.24) is 24.8 Å². The first kappa shape index (κ1) is 19.7. The molecule has 0 radical (unpaired) electrons. The highest BCUT2D eigenvalue weighted by Gasteiger charge is 2.06. The van der Waals surface area contributed by atoms with E-state index < -0.39 is 0 Å². The zero-order valence-electron chi connectivity index (χ0n) is 16.1. The molecule has 3 rings (SSSR count). The zero-order chi connectivity index (χ0) is 19.9. The summed E-state index contributed by atoms with van der Waals surface area (Å²) in [5.41, 5.74) is 0.768. The first-order valence-corrected chi connectivity index (χ1v) is 10.1. The minimum atomic E-state index is -0.242. The third kappa shape index (κ3) is 5.23. The van der Waals surface area contributed by atoms with Crippen molar-refractivity contribution in [3.05, 3.63) is 54.4 Å². The second kappa shape index (κ2) is 9.23. The Bertz CT molecular complexity index is 957. The third-order valence-electron chi connectivity index (χ3n) is 3.94. The molecule has 0 unspecified atom stereocenters. The van der Waals surface area contributed by atoms with Crippen LogP contribution in [0.3, 0.4) is 0 Å². The molecule has 0 atom stereocenters. The van der Waals surface area contributed by atoms with Crippen molar-refractivity contribution in [2.45, 2.75) is 18.7 Å². The van der Waals surface area contributed by atoms with Crippen LogP contribution in [0.1, 0.15) is 11.6 Å². The number of imidazole rings is 1. The van der Waals surface area contributed by atoms with E-state index in [4.69, 9.17) is 0 Å². The summed E-state index contributed by atoms with van der Waals surface area (Å²) in [6.07, 6.45) is 5.59. The van der Waals surface area contributed by atoms with Crippen LogP contribution in [0.15, 0.2) is 47.6 Å². The second-order valence-corrected chi connectivity index (χ2v) is 6.92. The van der Waals surface area contributed by atoms with E-state index in [-0.39, 0.29) is 6.03 Å². The van der Waals surface area contributed by atoms with Crippen LogP contribution in [-0.4, -0.2) is 44.9 Å². The smallest absolute Gasteiger partial charge is 0.319 e. The number of hydrogen-bond acceptors (Lipinski definition) is 6. The molecule has 9 heteroatoms. The molecule has 0 saturated heterocycles. The topological polar surface area (TPSA) is 96.8 Å². The first-order valence-electron chi connectivity index (χ1n) is 8.84. The molecule has 1 aromatic carbocycles. The SMILES string of the molecule is CSc1cccc(NC(=O)NCCNc2cc(-n3ccnc3C)nc(C)n2)c1. The number of carbonyl (C=O) groups excluding carboxylic acids is 1. The number of amides is 2. The number of nitrogens with one attached hydrogen (secondary N) is 3. The molecule has 0 saturated carbocycles. The second-order valence-electron chi connectivity index (χ2n) is 6.04. The van der Waals surface area contributed by atoms with E-state index in [0.717, 1.165) is 22.2 Å². The number of carbonyl (C=O) groups is 1. The number of nitrogens with zero attached hydrogens (tertiary/aromatic N) is 4. The fourth-order valence-electron chi connectivity index (χ4n) is 2.63. The van der Waals surface area contributed by atoms with E-state index in [1.807, 2.05) is 61.2 Å². The van der Waals surface area contributed by atoms with E-state index in [2.05, 4.69) is 30.9 Å². The molecule has 28 heavy (non-hydrogen) atoms. The van der Waals surface area contributed by atoms with Crippen LogP contribution in [0, 0.1) is 13.8 Å². The van der Waals surface area contributed by atoms with E-state index in [9.17, 15) is 4.79 Å². The number of aryl methyl sites for hydroxylation is 2. The van der Waals surface area contributed by atoms with E-state index in [0.29, 0.717) is 24.7 Å². The van der Waals surface area contributed by atoms with Gasteiger partial charge in [-0.3, -0.25) is 4.57 Å². The molecule has 0 bridgehead atoms. The van der Waals surface area contributed by atoms with Crippen LogP contribution in [0.4, 0.5) is 16.3 Å². The molecule has 0 spiro atoms. The molecule has 0 fully saturated rings. The van der Waals surface area contributed by atoms with Crippen LogP contribution in [-0.2, 0) is 0 Å².